The fourth-order valence-corrected chi connectivity index (χ4v) is 4.06. The Bertz CT molecular complexity index is 1060. The number of nitrogens with zero attached hydrogens (tertiary/aromatic N) is 2. The lowest BCUT2D eigenvalue weighted by Gasteiger charge is -2.24. The molecule has 152 valence electrons. The van der Waals surface area contributed by atoms with Crippen molar-refractivity contribution in [1.29, 1.82) is 0 Å². The van der Waals surface area contributed by atoms with Gasteiger partial charge in [-0.15, -0.1) is 0 Å². The largest absolute Gasteiger partial charge is 0.503 e. The van der Waals surface area contributed by atoms with Gasteiger partial charge >= 0.3 is 0 Å². The van der Waals surface area contributed by atoms with Crippen molar-refractivity contribution in [3.05, 3.63) is 62.8 Å². The van der Waals surface area contributed by atoms with Crippen LogP contribution in [0, 0.1) is 12.7 Å². The third-order valence-electron chi connectivity index (χ3n) is 5.68. The second kappa shape index (κ2) is 7.35. The number of carbonyl (C=O) groups is 2. The van der Waals surface area contributed by atoms with Gasteiger partial charge in [-0.1, -0.05) is 12.1 Å². The smallest absolute Gasteiger partial charge is 0.274 e. The highest BCUT2D eigenvalue weighted by atomic mass is 19.1. The normalized spacial score (nSPS) is 18.2. The van der Waals surface area contributed by atoms with Crippen LogP contribution in [-0.4, -0.2) is 39.5 Å². The van der Waals surface area contributed by atoms with Gasteiger partial charge in [-0.05, 0) is 37.8 Å². The second-order valence-electron chi connectivity index (χ2n) is 7.63. The van der Waals surface area contributed by atoms with Crippen LogP contribution in [0.2, 0.25) is 0 Å². The van der Waals surface area contributed by atoms with Crippen LogP contribution in [0.3, 0.4) is 0 Å². The minimum Gasteiger partial charge on any atom is -0.503 e. The summed E-state index contributed by atoms with van der Waals surface area (Å²) in [7, 11) is 0. The van der Waals surface area contributed by atoms with Crippen molar-refractivity contribution in [1.82, 2.24) is 14.8 Å². The molecule has 1 unspecified atom stereocenters. The standard InChI is InChI=1S/C21H22FN3O4/c1-12-4-5-13(16(22)9-12)10-23-20(28)15-11-25-14-3-2-7-24(8-6-14)21(29)17(25)19(27)18(15)26/h4-5,9,11,14,27H,2-3,6-8,10H2,1H3,(H,23,28). The Balaban J connectivity index is 1.67. The third kappa shape index (κ3) is 3.39. The van der Waals surface area contributed by atoms with Gasteiger partial charge in [0.25, 0.3) is 11.8 Å². The van der Waals surface area contributed by atoms with E-state index in [4.69, 9.17) is 0 Å². The summed E-state index contributed by atoms with van der Waals surface area (Å²) in [6, 6.07) is 4.59. The maximum absolute atomic E-state index is 14.0. The number of fused-ring (bicyclic) bond motifs is 5. The molecule has 2 aliphatic heterocycles. The monoisotopic (exact) mass is 399 g/mol. The molecule has 0 spiro atoms. The quantitative estimate of drug-likeness (QED) is 0.827. The maximum atomic E-state index is 14.0. The number of amides is 2. The lowest BCUT2D eigenvalue weighted by molar-refractivity contribution is 0.0752. The molecule has 7 nitrogen and oxygen atoms in total. The molecule has 2 N–H and O–H groups in total. The average molecular weight is 399 g/mol. The summed E-state index contributed by atoms with van der Waals surface area (Å²) in [5, 5.41) is 13.0. The van der Waals surface area contributed by atoms with Gasteiger partial charge in [-0.2, -0.15) is 0 Å². The highest BCUT2D eigenvalue weighted by Crippen LogP contribution is 2.32. The minimum absolute atomic E-state index is 0.0571. The summed E-state index contributed by atoms with van der Waals surface area (Å²) in [5.41, 5.74) is -0.157. The van der Waals surface area contributed by atoms with Crippen LogP contribution in [0.4, 0.5) is 4.39 Å². The van der Waals surface area contributed by atoms with E-state index in [0.29, 0.717) is 25.1 Å². The van der Waals surface area contributed by atoms with Crippen LogP contribution in [0.25, 0.3) is 0 Å². The molecule has 1 aromatic heterocycles. The number of nitrogens with one attached hydrogen (secondary N) is 1. The number of pyridine rings is 1. The van der Waals surface area contributed by atoms with Crippen molar-refractivity contribution in [3.8, 4) is 5.75 Å². The molecular weight excluding hydrogens is 377 g/mol. The van der Waals surface area contributed by atoms with Crippen molar-refractivity contribution in [2.24, 2.45) is 0 Å². The summed E-state index contributed by atoms with van der Waals surface area (Å²) >= 11 is 0. The number of rotatable bonds is 3. The van der Waals surface area contributed by atoms with E-state index in [-0.39, 0.29) is 23.8 Å². The van der Waals surface area contributed by atoms with E-state index < -0.39 is 28.8 Å². The van der Waals surface area contributed by atoms with Gasteiger partial charge in [-0.25, -0.2) is 4.39 Å². The minimum atomic E-state index is -0.896. The van der Waals surface area contributed by atoms with E-state index in [2.05, 4.69) is 5.32 Å². The van der Waals surface area contributed by atoms with Gasteiger partial charge in [0.05, 0.1) is 0 Å². The van der Waals surface area contributed by atoms with Gasteiger partial charge in [0.15, 0.2) is 11.4 Å². The zero-order valence-corrected chi connectivity index (χ0v) is 16.1. The molecule has 0 aliphatic carbocycles. The number of halogens is 1. The van der Waals surface area contributed by atoms with Crippen LogP contribution in [0.15, 0.2) is 29.2 Å². The fourth-order valence-electron chi connectivity index (χ4n) is 4.06. The molecule has 0 radical (unpaired) electrons. The highest BCUT2D eigenvalue weighted by molar-refractivity contribution is 5.98. The Morgan fingerprint density at radius 1 is 1.28 bits per heavy atom. The molecule has 3 heterocycles. The van der Waals surface area contributed by atoms with Crippen LogP contribution < -0.4 is 10.7 Å². The van der Waals surface area contributed by atoms with Gasteiger partial charge in [0.1, 0.15) is 11.4 Å². The molecule has 2 aliphatic rings. The zero-order valence-electron chi connectivity index (χ0n) is 16.1. The van der Waals surface area contributed by atoms with E-state index in [1.165, 1.54) is 12.3 Å². The summed E-state index contributed by atoms with van der Waals surface area (Å²) in [6.07, 6.45) is 3.65. The predicted octanol–water partition coefficient (Wildman–Crippen LogP) is 2.11. The Kier molecular flexibility index (Phi) is 4.86. The lowest BCUT2D eigenvalue weighted by Crippen LogP contribution is -2.36. The molecule has 1 atom stereocenters. The number of hydrogen-bond acceptors (Lipinski definition) is 4. The van der Waals surface area contributed by atoms with E-state index in [1.54, 1.807) is 28.5 Å². The molecule has 1 fully saturated rings. The second-order valence-corrected chi connectivity index (χ2v) is 7.63. The summed E-state index contributed by atoms with van der Waals surface area (Å²) in [4.78, 5) is 39.6. The SMILES string of the molecule is Cc1ccc(CNC(=O)c2cn3c(c(O)c2=O)C(=O)N2CCCC3CC2)c(F)c1. The van der Waals surface area contributed by atoms with E-state index in [9.17, 15) is 23.9 Å². The Morgan fingerprint density at radius 2 is 2.07 bits per heavy atom. The molecule has 29 heavy (non-hydrogen) atoms. The molecule has 0 saturated carbocycles. The molecule has 2 amide bonds. The van der Waals surface area contributed by atoms with Crippen molar-refractivity contribution in [2.45, 2.75) is 38.8 Å². The molecule has 1 aromatic carbocycles. The summed E-state index contributed by atoms with van der Waals surface area (Å²) in [6.45, 7) is 2.81. The number of carbonyl (C=O) groups excluding carboxylic acids is 2. The topological polar surface area (TPSA) is 91.6 Å². The molecular formula is C21H22FN3O4. The zero-order chi connectivity index (χ0) is 20.7. The van der Waals surface area contributed by atoms with Crippen molar-refractivity contribution < 1.29 is 19.1 Å². The molecule has 2 aromatic rings. The van der Waals surface area contributed by atoms with Crippen LogP contribution in [-0.2, 0) is 6.54 Å². The Hall–Kier alpha value is -3.16. The maximum Gasteiger partial charge on any atom is 0.274 e. The van der Waals surface area contributed by atoms with Crippen LogP contribution >= 0.6 is 0 Å². The average Bonchev–Trinajstić information content (AvgIpc) is 3.00. The summed E-state index contributed by atoms with van der Waals surface area (Å²) < 4.78 is 15.6. The van der Waals surface area contributed by atoms with Crippen molar-refractivity contribution in [2.75, 3.05) is 13.1 Å². The van der Waals surface area contributed by atoms with E-state index in [1.807, 2.05) is 0 Å². The number of hydrogen-bond donors (Lipinski definition) is 2. The first kappa shape index (κ1) is 19.2. The van der Waals surface area contributed by atoms with Crippen LogP contribution in [0.5, 0.6) is 5.75 Å². The summed E-state index contributed by atoms with van der Waals surface area (Å²) in [5.74, 6) is -2.26. The number of aromatic nitrogens is 1. The molecule has 2 bridgehead atoms. The fraction of sp³-hybridized carbons (Fsp3) is 0.381. The van der Waals surface area contributed by atoms with Gasteiger partial charge in [-0.3, -0.25) is 14.4 Å². The first-order valence-electron chi connectivity index (χ1n) is 9.67. The highest BCUT2D eigenvalue weighted by Gasteiger charge is 2.34. The molecule has 4 rings (SSSR count). The lowest BCUT2D eigenvalue weighted by atomic mass is 10.1. The number of aryl methyl sites for hydroxylation is 1. The Morgan fingerprint density at radius 3 is 2.83 bits per heavy atom. The third-order valence-corrected chi connectivity index (χ3v) is 5.68. The van der Waals surface area contributed by atoms with Gasteiger partial charge in [0, 0.05) is 37.4 Å². The number of benzene rings is 1. The van der Waals surface area contributed by atoms with Gasteiger partial charge in [0.2, 0.25) is 5.43 Å². The predicted molar refractivity (Wildman–Crippen MR) is 103 cm³/mol. The van der Waals surface area contributed by atoms with Crippen molar-refractivity contribution in [3.63, 3.8) is 0 Å². The first-order chi connectivity index (χ1) is 13.9. The first-order valence-corrected chi connectivity index (χ1v) is 9.67. The number of aromatic hydroxyl groups is 1. The van der Waals surface area contributed by atoms with Gasteiger partial charge < -0.3 is 19.9 Å². The van der Waals surface area contributed by atoms with Crippen LogP contribution in [0.1, 0.15) is 57.3 Å². The Labute approximate surface area is 166 Å². The molecule has 1 saturated heterocycles. The van der Waals surface area contributed by atoms with E-state index in [0.717, 1.165) is 18.4 Å². The molecule has 8 heteroatoms. The van der Waals surface area contributed by atoms with E-state index >= 15 is 0 Å². The van der Waals surface area contributed by atoms with Crippen molar-refractivity contribution >= 4 is 11.8 Å².